The summed E-state index contributed by atoms with van der Waals surface area (Å²) in [6, 6.07) is 4.61. The molecule has 1 N–H and O–H groups in total. The van der Waals surface area contributed by atoms with Gasteiger partial charge in [0, 0.05) is 12.6 Å². The monoisotopic (exact) mass is 315 g/mol. The molecule has 0 heterocycles. The van der Waals surface area contributed by atoms with Gasteiger partial charge >= 0.3 is 0 Å². The fourth-order valence-corrected chi connectivity index (χ4v) is 2.27. The third-order valence-corrected chi connectivity index (χ3v) is 3.43. The highest BCUT2D eigenvalue weighted by atomic mass is 79.9. The number of ether oxygens (including phenoxy) is 2. The maximum Gasteiger partial charge on any atom is 0.174 e. The van der Waals surface area contributed by atoms with Gasteiger partial charge in [0.1, 0.15) is 0 Å². The smallest absolute Gasteiger partial charge is 0.174 e. The zero-order valence-corrected chi connectivity index (χ0v) is 13.1. The summed E-state index contributed by atoms with van der Waals surface area (Å²) in [6.45, 7) is 7.79. The van der Waals surface area contributed by atoms with Gasteiger partial charge < -0.3 is 14.8 Å². The largest absolute Gasteiger partial charge is 0.492 e. The number of hydrogen-bond acceptors (Lipinski definition) is 3. The van der Waals surface area contributed by atoms with Crippen molar-refractivity contribution < 1.29 is 9.47 Å². The highest BCUT2D eigenvalue weighted by Crippen LogP contribution is 2.36. The molecule has 0 aliphatic carbocycles. The summed E-state index contributed by atoms with van der Waals surface area (Å²) >= 11 is 3.52. The molecule has 0 radical (unpaired) electrons. The Labute approximate surface area is 118 Å². The summed E-state index contributed by atoms with van der Waals surface area (Å²) in [6.07, 6.45) is 1.12. The van der Waals surface area contributed by atoms with E-state index in [-0.39, 0.29) is 0 Å². The van der Waals surface area contributed by atoms with Crippen molar-refractivity contribution in [1.29, 1.82) is 0 Å². The number of rotatable bonds is 7. The van der Waals surface area contributed by atoms with Crippen LogP contribution in [0.5, 0.6) is 11.5 Å². The SMILES string of the molecule is CCOc1cc(CN[C@H](C)CC)cc(Br)c1OC. The normalized spacial score (nSPS) is 12.3. The van der Waals surface area contributed by atoms with Crippen LogP contribution >= 0.6 is 15.9 Å². The number of methoxy groups -OCH3 is 1. The lowest BCUT2D eigenvalue weighted by molar-refractivity contribution is 0.309. The van der Waals surface area contributed by atoms with E-state index in [9.17, 15) is 0 Å². The van der Waals surface area contributed by atoms with Crippen LogP contribution in [0.15, 0.2) is 16.6 Å². The van der Waals surface area contributed by atoms with Crippen LogP contribution in [0, 0.1) is 0 Å². The number of halogens is 1. The van der Waals surface area contributed by atoms with Gasteiger partial charge in [-0.2, -0.15) is 0 Å². The minimum absolute atomic E-state index is 0.515. The number of benzene rings is 1. The third-order valence-electron chi connectivity index (χ3n) is 2.84. The van der Waals surface area contributed by atoms with Crippen LogP contribution in [0.1, 0.15) is 32.8 Å². The van der Waals surface area contributed by atoms with Crippen molar-refractivity contribution in [3.8, 4) is 11.5 Å². The molecule has 1 aromatic carbocycles. The molecule has 3 nitrogen and oxygen atoms in total. The van der Waals surface area contributed by atoms with Crippen LogP contribution in [0.3, 0.4) is 0 Å². The first-order valence-corrected chi connectivity index (χ1v) is 7.14. The lowest BCUT2D eigenvalue weighted by Crippen LogP contribution is -2.24. The van der Waals surface area contributed by atoms with Gasteiger partial charge in [-0.15, -0.1) is 0 Å². The van der Waals surface area contributed by atoms with Crippen LogP contribution in [0.2, 0.25) is 0 Å². The van der Waals surface area contributed by atoms with Crippen LogP contribution in [-0.4, -0.2) is 19.8 Å². The van der Waals surface area contributed by atoms with Crippen LogP contribution in [0.25, 0.3) is 0 Å². The van der Waals surface area contributed by atoms with Gasteiger partial charge in [-0.25, -0.2) is 0 Å². The molecule has 1 rings (SSSR count). The average Bonchev–Trinajstić information content (AvgIpc) is 2.36. The van der Waals surface area contributed by atoms with Gasteiger partial charge in [0.2, 0.25) is 0 Å². The zero-order valence-electron chi connectivity index (χ0n) is 11.5. The number of hydrogen-bond donors (Lipinski definition) is 1. The summed E-state index contributed by atoms with van der Waals surface area (Å²) in [5.74, 6) is 1.54. The Morgan fingerprint density at radius 2 is 2.06 bits per heavy atom. The van der Waals surface area contributed by atoms with Crippen molar-refractivity contribution in [2.75, 3.05) is 13.7 Å². The topological polar surface area (TPSA) is 30.5 Å². The maximum absolute atomic E-state index is 5.60. The first-order chi connectivity index (χ1) is 8.62. The van der Waals surface area contributed by atoms with E-state index in [1.54, 1.807) is 7.11 Å². The van der Waals surface area contributed by atoms with Gasteiger partial charge in [-0.05, 0) is 53.9 Å². The molecule has 0 saturated heterocycles. The fraction of sp³-hybridized carbons (Fsp3) is 0.571. The van der Waals surface area contributed by atoms with E-state index in [1.165, 1.54) is 5.56 Å². The Hall–Kier alpha value is -0.740. The Balaban J connectivity index is 2.86. The molecule has 4 heteroatoms. The third kappa shape index (κ3) is 4.18. The second-order valence-corrected chi connectivity index (χ2v) is 5.09. The molecule has 0 unspecified atom stereocenters. The lowest BCUT2D eigenvalue weighted by Gasteiger charge is -2.15. The van der Waals surface area contributed by atoms with E-state index in [0.717, 1.165) is 28.9 Å². The van der Waals surface area contributed by atoms with E-state index < -0.39 is 0 Å². The second-order valence-electron chi connectivity index (χ2n) is 4.23. The van der Waals surface area contributed by atoms with Crippen molar-refractivity contribution in [2.24, 2.45) is 0 Å². The quantitative estimate of drug-likeness (QED) is 0.831. The zero-order chi connectivity index (χ0) is 13.5. The molecule has 1 aromatic rings. The molecule has 0 amide bonds. The molecule has 0 aromatic heterocycles. The van der Waals surface area contributed by atoms with Crippen molar-refractivity contribution in [3.63, 3.8) is 0 Å². The molecule has 0 saturated carbocycles. The molecule has 1 atom stereocenters. The Morgan fingerprint density at radius 3 is 2.61 bits per heavy atom. The van der Waals surface area contributed by atoms with Crippen molar-refractivity contribution in [3.05, 3.63) is 22.2 Å². The number of nitrogens with one attached hydrogen (secondary N) is 1. The van der Waals surface area contributed by atoms with Crippen LogP contribution in [0.4, 0.5) is 0 Å². The van der Waals surface area contributed by atoms with E-state index in [2.05, 4.69) is 41.2 Å². The predicted octanol–water partition coefficient (Wildman–Crippen LogP) is 3.74. The molecule has 18 heavy (non-hydrogen) atoms. The molecule has 0 aliphatic rings. The Morgan fingerprint density at radius 1 is 1.33 bits per heavy atom. The first-order valence-electron chi connectivity index (χ1n) is 6.34. The van der Waals surface area contributed by atoms with E-state index in [0.29, 0.717) is 12.6 Å². The first kappa shape index (κ1) is 15.3. The predicted molar refractivity (Wildman–Crippen MR) is 78.5 cm³/mol. The molecular formula is C14H22BrNO2. The highest BCUT2D eigenvalue weighted by molar-refractivity contribution is 9.10. The van der Waals surface area contributed by atoms with Gasteiger partial charge in [-0.3, -0.25) is 0 Å². The molecule has 0 bridgehead atoms. The van der Waals surface area contributed by atoms with Gasteiger partial charge in [0.05, 0.1) is 18.2 Å². The molecule has 0 aliphatic heterocycles. The minimum atomic E-state index is 0.515. The van der Waals surface area contributed by atoms with Crippen molar-refractivity contribution in [2.45, 2.75) is 39.8 Å². The molecule has 0 fully saturated rings. The highest BCUT2D eigenvalue weighted by Gasteiger charge is 2.11. The minimum Gasteiger partial charge on any atom is -0.492 e. The summed E-state index contributed by atoms with van der Waals surface area (Å²) in [7, 11) is 1.65. The molecular weight excluding hydrogens is 294 g/mol. The summed E-state index contributed by atoms with van der Waals surface area (Å²) in [5.41, 5.74) is 1.19. The average molecular weight is 316 g/mol. The van der Waals surface area contributed by atoms with E-state index >= 15 is 0 Å². The summed E-state index contributed by atoms with van der Waals surface area (Å²) in [5, 5.41) is 3.47. The Bertz CT molecular complexity index is 382. The second kappa shape index (κ2) is 7.64. The maximum atomic E-state index is 5.60. The summed E-state index contributed by atoms with van der Waals surface area (Å²) in [4.78, 5) is 0. The lowest BCUT2D eigenvalue weighted by atomic mass is 10.1. The molecule has 102 valence electrons. The Kier molecular flexibility index (Phi) is 6.50. The van der Waals surface area contributed by atoms with Crippen LogP contribution < -0.4 is 14.8 Å². The molecule has 0 spiro atoms. The van der Waals surface area contributed by atoms with Crippen LogP contribution in [-0.2, 0) is 6.54 Å². The summed E-state index contributed by atoms with van der Waals surface area (Å²) < 4.78 is 11.9. The van der Waals surface area contributed by atoms with Crippen molar-refractivity contribution in [1.82, 2.24) is 5.32 Å². The fourth-order valence-electron chi connectivity index (χ4n) is 1.62. The standard InChI is InChI=1S/C14H22BrNO2/c1-5-10(3)16-9-11-7-12(15)14(17-4)13(8-11)18-6-2/h7-8,10,16H,5-6,9H2,1-4H3/t10-/m1/s1. The van der Waals surface area contributed by atoms with E-state index in [1.807, 2.05) is 13.0 Å². The van der Waals surface area contributed by atoms with Gasteiger partial charge in [0.25, 0.3) is 0 Å². The van der Waals surface area contributed by atoms with E-state index in [4.69, 9.17) is 9.47 Å². The van der Waals surface area contributed by atoms with Crippen molar-refractivity contribution >= 4 is 15.9 Å². The van der Waals surface area contributed by atoms with Gasteiger partial charge in [0.15, 0.2) is 11.5 Å². The van der Waals surface area contributed by atoms with Gasteiger partial charge in [-0.1, -0.05) is 6.92 Å².